The minimum atomic E-state index is -0.580. The zero-order valence-corrected chi connectivity index (χ0v) is 10.6. The number of nitrogens with one attached hydrogen (secondary N) is 1. The van der Waals surface area contributed by atoms with Gasteiger partial charge in [-0.2, -0.15) is 0 Å². The largest absolute Gasteiger partial charge is 0.389 e. The average molecular weight is 214 g/mol. The third kappa shape index (κ3) is 4.09. The van der Waals surface area contributed by atoms with Crippen LogP contribution in [0.2, 0.25) is 0 Å². The van der Waals surface area contributed by atoms with E-state index >= 15 is 0 Å². The van der Waals surface area contributed by atoms with Crippen LogP contribution in [0.5, 0.6) is 0 Å². The number of hydrogen-bond acceptors (Lipinski definition) is 3. The molecule has 1 aliphatic rings. The summed E-state index contributed by atoms with van der Waals surface area (Å²) in [5, 5.41) is 13.4. The molecular weight excluding hydrogens is 188 g/mol. The summed E-state index contributed by atoms with van der Waals surface area (Å²) in [6.45, 7) is 11.1. The molecule has 1 heterocycles. The van der Waals surface area contributed by atoms with Crippen molar-refractivity contribution in [2.45, 2.75) is 58.2 Å². The summed E-state index contributed by atoms with van der Waals surface area (Å²) >= 11 is 0. The number of rotatable bonds is 4. The SMILES string of the molecule is CC[C@@H]1CN(CC(C)(C)O)[C@H](CC)CN1. The number of nitrogens with zero attached hydrogens (tertiary/aromatic N) is 1. The lowest BCUT2D eigenvalue weighted by atomic mass is 10.0. The Morgan fingerprint density at radius 1 is 1.33 bits per heavy atom. The molecule has 0 radical (unpaired) electrons. The van der Waals surface area contributed by atoms with Crippen LogP contribution < -0.4 is 5.32 Å². The molecule has 0 aromatic carbocycles. The third-order valence-corrected chi connectivity index (χ3v) is 3.17. The third-order valence-electron chi connectivity index (χ3n) is 3.17. The lowest BCUT2D eigenvalue weighted by molar-refractivity contribution is 0.00507. The molecule has 0 bridgehead atoms. The Hall–Kier alpha value is -0.120. The number of hydrogen-bond donors (Lipinski definition) is 2. The molecule has 0 saturated carbocycles. The van der Waals surface area contributed by atoms with E-state index in [2.05, 4.69) is 24.1 Å². The molecule has 0 spiro atoms. The van der Waals surface area contributed by atoms with Crippen molar-refractivity contribution in [3.8, 4) is 0 Å². The van der Waals surface area contributed by atoms with Gasteiger partial charge >= 0.3 is 0 Å². The Labute approximate surface area is 93.9 Å². The molecule has 3 nitrogen and oxygen atoms in total. The summed E-state index contributed by atoms with van der Waals surface area (Å²) in [4.78, 5) is 2.44. The number of aliphatic hydroxyl groups is 1. The molecule has 1 fully saturated rings. The predicted molar refractivity (Wildman–Crippen MR) is 64.0 cm³/mol. The summed E-state index contributed by atoms with van der Waals surface area (Å²) in [6.07, 6.45) is 2.32. The second kappa shape index (κ2) is 5.28. The summed E-state index contributed by atoms with van der Waals surface area (Å²) in [7, 11) is 0. The highest BCUT2D eigenvalue weighted by atomic mass is 16.3. The Morgan fingerprint density at radius 3 is 2.47 bits per heavy atom. The normalized spacial score (nSPS) is 29.4. The van der Waals surface area contributed by atoms with Crippen LogP contribution in [-0.4, -0.2) is 47.3 Å². The van der Waals surface area contributed by atoms with Gasteiger partial charge in [-0.15, -0.1) is 0 Å². The molecule has 1 rings (SSSR count). The summed E-state index contributed by atoms with van der Waals surface area (Å²) in [5.41, 5.74) is -0.580. The highest BCUT2D eigenvalue weighted by Gasteiger charge is 2.29. The Balaban J connectivity index is 2.55. The Kier molecular flexibility index (Phi) is 4.56. The van der Waals surface area contributed by atoms with Gasteiger partial charge in [0.2, 0.25) is 0 Å². The van der Waals surface area contributed by atoms with Crippen molar-refractivity contribution in [1.82, 2.24) is 10.2 Å². The van der Waals surface area contributed by atoms with Crippen molar-refractivity contribution in [2.75, 3.05) is 19.6 Å². The van der Waals surface area contributed by atoms with Crippen molar-refractivity contribution >= 4 is 0 Å². The topological polar surface area (TPSA) is 35.5 Å². The molecule has 0 aromatic heterocycles. The predicted octanol–water partition coefficient (Wildman–Crippen LogP) is 1.22. The molecule has 0 amide bonds. The Morgan fingerprint density at radius 2 is 2.00 bits per heavy atom. The van der Waals surface area contributed by atoms with E-state index in [1.165, 1.54) is 6.42 Å². The van der Waals surface area contributed by atoms with Crippen LogP contribution in [0.25, 0.3) is 0 Å². The molecule has 0 aliphatic carbocycles. The maximum atomic E-state index is 9.88. The van der Waals surface area contributed by atoms with E-state index < -0.39 is 5.60 Å². The van der Waals surface area contributed by atoms with Gasteiger partial charge in [0, 0.05) is 31.7 Å². The Bertz CT molecular complexity index is 189. The molecule has 0 unspecified atom stereocenters. The van der Waals surface area contributed by atoms with Gasteiger partial charge in [0.25, 0.3) is 0 Å². The van der Waals surface area contributed by atoms with Crippen molar-refractivity contribution in [3.05, 3.63) is 0 Å². The molecule has 3 heteroatoms. The highest BCUT2D eigenvalue weighted by Crippen LogP contribution is 2.15. The first-order valence-electron chi connectivity index (χ1n) is 6.16. The van der Waals surface area contributed by atoms with E-state index in [-0.39, 0.29) is 0 Å². The van der Waals surface area contributed by atoms with E-state index in [0.29, 0.717) is 12.1 Å². The van der Waals surface area contributed by atoms with E-state index in [1.807, 2.05) is 13.8 Å². The second-order valence-corrected chi connectivity index (χ2v) is 5.32. The molecule has 2 atom stereocenters. The molecule has 1 saturated heterocycles. The van der Waals surface area contributed by atoms with Crippen molar-refractivity contribution < 1.29 is 5.11 Å². The fraction of sp³-hybridized carbons (Fsp3) is 1.00. The molecule has 1 aliphatic heterocycles. The standard InChI is InChI=1S/C12H26N2O/c1-5-10-8-14(9-12(3,4)15)11(6-2)7-13-10/h10-11,13,15H,5-9H2,1-4H3/t10-,11-/m1/s1. The molecular formula is C12H26N2O. The lowest BCUT2D eigenvalue weighted by Crippen LogP contribution is -2.58. The van der Waals surface area contributed by atoms with Gasteiger partial charge in [-0.1, -0.05) is 13.8 Å². The summed E-state index contributed by atoms with van der Waals surface area (Å²) in [5.74, 6) is 0. The lowest BCUT2D eigenvalue weighted by Gasteiger charge is -2.42. The maximum Gasteiger partial charge on any atom is 0.0718 e. The maximum absolute atomic E-state index is 9.88. The van der Waals surface area contributed by atoms with Crippen LogP contribution in [0, 0.1) is 0 Å². The van der Waals surface area contributed by atoms with E-state index in [9.17, 15) is 5.11 Å². The van der Waals surface area contributed by atoms with E-state index in [4.69, 9.17) is 0 Å². The van der Waals surface area contributed by atoms with Gasteiger partial charge in [-0.3, -0.25) is 4.90 Å². The van der Waals surface area contributed by atoms with Crippen molar-refractivity contribution in [2.24, 2.45) is 0 Å². The zero-order valence-electron chi connectivity index (χ0n) is 10.6. The van der Waals surface area contributed by atoms with Gasteiger partial charge in [-0.05, 0) is 26.7 Å². The molecule has 15 heavy (non-hydrogen) atoms. The molecule has 2 N–H and O–H groups in total. The number of piperazine rings is 1. The van der Waals surface area contributed by atoms with E-state index in [1.54, 1.807) is 0 Å². The second-order valence-electron chi connectivity index (χ2n) is 5.32. The fourth-order valence-corrected chi connectivity index (χ4v) is 2.30. The zero-order chi connectivity index (χ0) is 11.5. The monoisotopic (exact) mass is 214 g/mol. The van der Waals surface area contributed by atoms with Gasteiger partial charge in [0.05, 0.1) is 5.60 Å². The number of β-amino-alcohol motifs (C(OH)–C–C–N with tert-alkyl or cyclic N) is 1. The van der Waals surface area contributed by atoms with Crippen LogP contribution in [0.1, 0.15) is 40.5 Å². The first kappa shape index (κ1) is 12.9. The van der Waals surface area contributed by atoms with Gasteiger partial charge in [0.15, 0.2) is 0 Å². The van der Waals surface area contributed by atoms with Gasteiger partial charge < -0.3 is 10.4 Å². The van der Waals surface area contributed by atoms with Gasteiger partial charge in [0.1, 0.15) is 0 Å². The van der Waals surface area contributed by atoms with Crippen molar-refractivity contribution in [3.63, 3.8) is 0 Å². The quantitative estimate of drug-likeness (QED) is 0.738. The minimum Gasteiger partial charge on any atom is -0.389 e. The van der Waals surface area contributed by atoms with Crippen LogP contribution in [0.4, 0.5) is 0 Å². The van der Waals surface area contributed by atoms with Crippen LogP contribution in [0.15, 0.2) is 0 Å². The smallest absolute Gasteiger partial charge is 0.0718 e. The average Bonchev–Trinajstić information content (AvgIpc) is 2.15. The van der Waals surface area contributed by atoms with Crippen LogP contribution in [-0.2, 0) is 0 Å². The highest BCUT2D eigenvalue weighted by molar-refractivity contribution is 4.87. The first-order valence-corrected chi connectivity index (χ1v) is 6.16. The van der Waals surface area contributed by atoms with Crippen LogP contribution >= 0.6 is 0 Å². The van der Waals surface area contributed by atoms with E-state index in [0.717, 1.165) is 26.1 Å². The summed E-state index contributed by atoms with van der Waals surface area (Å²) in [6, 6.07) is 1.18. The molecule has 0 aromatic rings. The van der Waals surface area contributed by atoms with Gasteiger partial charge in [-0.25, -0.2) is 0 Å². The first-order chi connectivity index (χ1) is 6.96. The van der Waals surface area contributed by atoms with Crippen molar-refractivity contribution in [1.29, 1.82) is 0 Å². The molecule has 90 valence electrons. The fourth-order valence-electron chi connectivity index (χ4n) is 2.30. The van der Waals surface area contributed by atoms with Crippen LogP contribution in [0.3, 0.4) is 0 Å². The minimum absolute atomic E-state index is 0.580. The summed E-state index contributed by atoms with van der Waals surface area (Å²) < 4.78 is 0.